The van der Waals surface area contributed by atoms with Crippen LogP contribution in [0.5, 0.6) is 0 Å². The van der Waals surface area contributed by atoms with Gasteiger partial charge in [0, 0.05) is 32.0 Å². The lowest BCUT2D eigenvalue weighted by Gasteiger charge is -2.37. The first kappa shape index (κ1) is 16.9. The Hall–Kier alpha value is -0.970. The van der Waals surface area contributed by atoms with Crippen LogP contribution in [0.4, 0.5) is 0 Å². The molecule has 0 bridgehead atoms. The van der Waals surface area contributed by atoms with Crippen molar-refractivity contribution in [3.05, 3.63) is 30.1 Å². The van der Waals surface area contributed by atoms with Crippen molar-refractivity contribution in [3.63, 3.8) is 0 Å². The van der Waals surface area contributed by atoms with Crippen LogP contribution >= 0.6 is 0 Å². The number of piperidine rings is 1. The number of hydrogen-bond donors (Lipinski definition) is 0. The van der Waals surface area contributed by atoms with E-state index in [1.807, 2.05) is 12.4 Å². The van der Waals surface area contributed by atoms with Crippen molar-refractivity contribution in [2.75, 3.05) is 32.7 Å². The van der Waals surface area contributed by atoms with Crippen molar-refractivity contribution in [1.82, 2.24) is 14.8 Å². The van der Waals surface area contributed by atoms with E-state index in [2.05, 4.69) is 40.8 Å². The van der Waals surface area contributed by atoms with Gasteiger partial charge in [-0.3, -0.25) is 14.8 Å². The predicted octanol–water partition coefficient (Wildman–Crippen LogP) is 2.79. The number of ether oxygens (including phenoxy) is 1. The third-order valence-corrected chi connectivity index (χ3v) is 5.21. The Morgan fingerprint density at radius 1 is 1.04 bits per heavy atom. The van der Waals surface area contributed by atoms with Gasteiger partial charge in [-0.25, -0.2) is 0 Å². The first-order chi connectivity index (χ1) is 11.2. The summed E-state index contributed by atoms with van der Waals surface area (Å²) in [5.74, 6) is 0.900. The fourth-order valence-corrected chi connectivity index (χ4v) is 4.01. The Morgan fingerprint density at radius 3 is 2.35 bits per heavy atom. The zero-order valence-electron chi connectivity index (χ0n) is 14.7. The minimum absolute atomic E-state index is 0.390. The Kier molecular flexibility index (Phi) is 6.03. The van der Waals surface area contributed by atoms with E-state index in [1.165, 1.54) is 44.5 Å². The SMILES string of the molecule is CC1CN(CCC2CCN(Cc3ccncc3)CC2)CC(C)O1. The lowest BCUT2D eigenvalue weighted by atomic mass is 9.93. The van der Waals surface area contributed by atoms with Gasteiger partial charge >= 0.3 is 0 Å². The van der Waals surface area contributed by atoms with Crippen molar-refractivity contribution in [2.45, 2.75) is 51.9 Å². The molecular formula is C19H31N3O. The summed E-state index contributed by atoms with van der Waals surface area (Å²) >= 11 is 0. The van der Waals surface area contributed by atoms with E-state index < -0.39 is 0 Å². The van der Waals surface area contributed by atoms with Gasteiger partial charge in [-0.05, 0) is 76.4 Å². The second-order valence-corrected chi connectivity index (χ2v) is 7.38. The molecule has 23 heavy (non-hydrogen) atoms. The van der Waals surface area contributed by atoms with Gasteiger partial charge in [0.2, 0.25) is 0 Å². The molecule has 3 rings (SSSR count). The second kappa shape index (κ2) is 8.22. The molecule has 1 aromatic rings. The molecule has 0 spiro atoms. The fraction of sp³-hybridized carbons (Fsp3) is 0.737. The van der Waals surface area contributed by atoms with Crippen LogP contribution in [0.2, 0.25) is 0 Å². The molecule has 2 saturated heterocycles. The van der Waals surface area contributed by atoms with E-state index in [0.717, 1.165) is 25.6 Å². The quantitative estimate of drug-likeness (QED) is 0.835. The summed E-state index contributed by atoms with van der Waals surface area (Å²) in [6, 6.07) is 4.26. The summed E-state index contributed by atoms with van der Waals surface area (Å²) in [5.41, 5.74) is 1.38. The average Bonchev–Trinajstić information content (AvgIpc) is 2.54. The van der Waals surface area contributed by atoms with Gasteiger partial charge in [0.1, 0.15) is 0 Å². The minimum Gasteiger partial charge on any atom is -0.373 e. The average molecular weight is 317 g/mol. The molecule has 0 amide bonds. The summed E-state index contributed by atoms with van der Waals surface area (Å²) in [7, 11) is 0. The molecule has 1 aromatic heterocycles. The lowest BCUT2D eigenvalue weighted by Crippen LogP contribution is -2.46. The standard InChI is InChI=1S/C19H31N3O/c1-16-13-22(14-17(2)23-16)12-7-18-5-10-21(11-6-18)15-19-3-8-20-9-4-19/h3-4,8-9,16-18H,5-7,10-15H2,1-2H3. The summed E-state index contributed by atoms with van der Waals surface area (Å²) in [4.78, 5) is 9.29. The van der Waals surface area contributed by atoms with Crippen LogP contribution in [0.15, 0.2) is 24.5 Å². The molecule has 0 saturated carbocycles. The van der Waals surface area contributed by atoms with Crippen LogP contribution in [-0.4, -0.2) is 59.7 Å². The molecular weight excluding hydrogens is 286 g/mol. The number of likely N-dealkylation sites (tertiary alicyclic amines) is 1. The van der Waals surface area contributed by atoms with E-state index in [0.29, 0.717) is 12.2 Å². The molecule has 0 aliphatic carbocycles. The van der Waals surface area contributed by atoms with E-state index in [4.69, 9.17) is 4.74 Å². The van der Waals surface area contributed by atoms with Crippen molar-refractivity contribution in [3.8, 4) is 0 Å². The van der Waals surface area contributed by atoms with Gasteiger partial charge in [-0.1, -0.05) is 0 Å². The molecule has 3 heterocycles. The summed E-state index contributed by atoms with van der Waals surface area (Å²) in [5, 5.41) is 0. The Morgan fingerprint density at radius 2 is 1.70 bits per heavy atom. The zero-order valence-corrected chi connectivity index (χ0v) is 14.7. The number of nitrogens with zero attached hydrogens (tertiary/aromatic N) is 3. The lowest BCUT2D eigenvalue weighted by molar-refractivity contribution is -0.0693. The fourth-order valence-electron chi connectivity index (χ4n) is 4.01. The maximum atomic E-state index is 5.83. The number of hydrogen-bond acceptors (Lipinski definition) is 4. The van der Waals surface area contributed by atoms with Gasteiger partial charge in [0.15, 0.2) is 0 Å². The highest BCUT2D eigenvalue weighted by molar-refractivity contribution is 5.09. The van der Waals surface area contributed by atoms with E-state index in [1.54, 1.807) is 0 Å². The highest BCUT2D eigenvalue weighted by Gasteiger charge is 2.24. The van der Waals surface area contributed by atoms with Crippen LogP contribution in [0.1, 0.15) is 38.7 Å². The zero-order chi connectivity index (χ0) is 16.1. The van der Waals surface area contributed by atoms with Crippen molar-refractivity contribution in [1.29, 1.82) is 0 Å². The van der Waals surface area contributed by atoms with Crippen molar-refractivity contribution in [2.24, 2.45) is 5.92 Å². The van der Waals surface area contributed by atoms with Gasteiger partial charge in [0.05, 0.1) is 12.2 Å². The van der Waals surface area contributed by atoms with E-state index >= 15 is 0 Å². The monoisotopic (exact) mass is 317 g/mol. The molecule has 2 aliphatic rings. The van der Waals surface area contributed by atoms with Crippen molar-refractivity contribution < 1.29 is 4.74 Å². The Bertz CT molecular complexity index is 449. The van der Waals surface area contributed by atoms with Crippen LogP contribution in [0.25, 0.3) is 0 Å². The van der Waals surface area contributed by atoms with Crippen molar-refractivity contribution >= 4 is 0 Å². The van der Waals surface area contributed by atoms with Crippen LogP contribution in [0, 0.1) is 5.92 Å². The normalized spacial score (nSPS) is 28.1. The molecule has 4 heteroatoms. The molecule has 2 unspecified atom stereocenters. The molecule has 0 aromatic carbocycles. The highest BCUT2D eigenvalue weighted by atomic mass is 16.5. The molecule has 128 valence electrons. The predicted molar refractivity (Wildman–Crippen MR) is 93.3 cm³/mol. The molecule has 4 nitrogen and oxygen atoms in total. The molecule has 0 radical (unpaired) electrons. The molecule has 2 fully saturated rings. The highest BCUT2D eigenvalue weighted by Crippen LogP contribution is 2.23. The number of rotatable bonds is 5. The smallest absolute Gasteiger partial charge is 0.0678 e. The third kappa shape index (κ3) is 5.27. The van der Waals surface area contributed by atoms with Crippen LogP contribution < -0.4 is 0 Å². The topological polar surface area (TPSA) is 28.6 Å². The van der Waals surface area contributed by atoms with Crippen LogP contribution in [-0.2, 0) is 11.3 Å². The molecule has 2 atom stereocenters. The number of aromatic nitrogens is 1. The maximum Gasteiger partial charge on any atom is 0.0678 e. The van der Waals surface area contributed by atoms with Gasteiger partial charge < -0.3 is 4.74 Å². The first-order valence-corrected chi connectivity index (χ1v) is 9.18. The summed E-state index contributed by atoms with van der Waals surface area (Å²) in [6.45, 7) is 11.4. The second-order valence-electron chi connectivity index (χ2n) is 7.38. The molecule has 2 aliphatic heterocycles. The summed E-state index contributed by atoms with van der Waals surface area (Å²) < 4.78 is 5.83. The Balaban J connectivity index is 1.36. The number of morpholine rings is 1. The van der Waals surface area contributed by atoms with E-state index in [-0.39, 0.29) is 0 Å². The number of pyridine rings is 1. The summed E-state index contributed by atoms with van der Waals surface area (Å²) in [6.07, 6.45) is 8.62. The third-order valence-electron chi connectivity index (χ3n) is 5.21. The first-order valence-electron chi connectivity index (χ1n) is 9.18. The van der Waals surface area contributed by atoms with Crippen LogP contribution in [0.3, 0.4) is 0 Å². The Labute approximate surface area is 140 Å². The van der Waals surface area contributed by atoms with E-state index in [9.17, 15) is 0 Å². The largest absolute Gasteiger partial charge is 0.373 e. The molecule has 0 N–H and O–H groups in total. The van der Waals surface area contributed by atoms with Gasteiger partial charge in [0.25, 0.3) is 0 Å². The van der Waals surface area contributed by atoms with Gasteiger partial charge in [-0.15, -0.1) is 0 Å². The minimum atomic E-state index is 0.390. The van der Waals surface area contributed by atoms with Gasteiger partial charge in [-0.2, -0.15) is 0 Å². The maximum absolute atomic E-state index is 5.83.